The van der Waals surface area contributed by atoms with E-state index in [1.807, 2.05) is 0 Å². The number of alkyl halides is 5. The molecule has 8 heteroatoms. The van der Waals surface area contributed by atoms with E-state index < -0.39 is 24.6 Å². The lowest BCUT2D eigenvalue weighted by atomic mass is 10.3. The highest BCUT2D eigenvalue weighted by Gasteiger charge is 2.63. The molecule has 3 nitrogen and oxygen atoms in total. The van der Waals surface area contributed by atoms with Crippen LogP contribution in [0.4, 0.5) is 22.0 Å². The van der Waals surface area contributed by atoms with Crippen LogP contribution in [0, 0.1) is 0 Å². The average Bonchev–Trinajstić information content (AvgIpc) is 2.21. The Kier molecular flexibility index (Phi) is 6.08. The standard InChI is InChI=1S/C9H12F5NO2/c1-2-3-5-17-6-4-15-7(16)8(10,11)9(12,13)14/h2H,1,3-6H2,(H,15,16). The monoisotopic (exact) mass is 261 g/mol. The van der Waals surface area contributed by atoms with Crippen LogP contribution in [-0.4, -0.2) is 37.8 Å². The summed E-state index contributed by atoms with van der Waals surface area (Å²) in [6.45, 7) is 3.09. The summed E-state index contributed by atoms with van der Waals surface area (Å²) < 4.78 is 64.7. The van der Waals surface area contributed by atoms with Gasteiger partial charge in [0.15, 0.2) is 0 Å². The van der Waals surface area contributed by atoms with Gasteiger partial charge in [-0.15, -0.1) is 6.58 Å². The Bertz CT molecular complexity index is 265. The lowest BCUT2D eigenvalue weighted by Gasteiger charge is -2.18. The third kappa shape index (κ3) is 5.12. The van der Waals surface area contributed by atoms with Crippen molar-refractivity contribution < 1.29 is 31.5 Å². The van der Waals surface area contributed by atoms with Gasteiger partial charge < -0.3 is 10.1 Å². The van der Waals surface area contributed by atoms with Crippen LogP contribution in [-0.2, 0) is 9.53 Å². The molecule has 0 bridgehead atoms. The minimum absolute atomic E-state index is 0.145. The van der Waals surface area contributed by atoms with E-state index in [0.29, 0.717) is 6.42 Å². The molecule has 0 atom stereocenters. The predicted octanol–water partition coefficient (Wildman–Crippen LogP) is 1.89. The fraction of sp³-hybridized carbons (Fsp3) is 0.667. The summed E-state index contributed by atoms with van der Waals surface area (Å²) in [6, 6.07) is 0. The van der Waals surface area contributed by atoms with Crippen LogP contribution in [0.3, 0.4) is 0 Å². The molecule has 0 aromatic carbocycles. The number of rotatable bonds is 7. The van der Waals surface area contributed by atoms with Crippen LogP contribution in [0.5, 0.6) is 0 Å². The minimum atomic E-state index is -5.89. The largest absolute Gasteiger partial charge is 0.463 e. The first kappa shape index (κ1) is 15.8. The van der Waals surface area contributed by atoms with Crippen molar-refractivity contribution in [3.63, 3.8) is 0 Å². The summed E-state index contributed by atoms with van der Waals surface area (Å²) >= 11 is 0. The maximum Gasteiger partial charge on any atom is 0.463 e. The number of hydrogen-bond acceptors (Lipinski definition) is 2. The van der Waals surface area contributed by atoms with Gasteiger partial charge in [0.1, 0.15) is 0 Å². The molecule has 0 aromatic rings. The van der Waals surface area contributed by atoms with Crippen molar-refractivity contribution in [2.45, 2.75) is 18.5 Å². The second-order valence-electron chi connectivity index (χ2n) is 3.02. The fourth-order valence-corrected chi connectivity index (χ4v) is 0.745. The van der Waals surface area contributed by atoms with E-state index in [1.54, 1.807) is 6.08 Å². The molecule has 0 unspecified atom stereocenters. The number of carbonyl (C=O) groups excluding carboxylic acids is 1. The lowest BCUT2D eigenvalue weighted by molar-refractivity contribution is -0.269. The summed E-state index contributed by atoms with van der Waals surface area (Å²) in [7, 11) is 0. The maximum absolute atomic E-state index is 12.4. The highest BCUT2D eigenvalue weighted by atomic mass is 19.4. The molecule has 0 aliphatic carbocycles. The van der Waals surface area contributed by atoms with Gasteiger partial charge in [-0.25, -0.2) is 0 Å². The van der Waals surface area contributed by atoms with Crippen LogP contribution >= 0.6 is 0 Å². The molecule has 17 heavy (non-hydrogen) atoms. The molecule has 0 aliphatic heterocycles. The van der Waals surface area contributed by atoms with Gasteiger partial charge in [-0.3, -0.25) is 4.79 Å². The number of halogens is 5. The fourth-order valence-electron chi connectivity index (χ4n) is 0.745. The molecule has 0 aliphatic rings. The molecule has 0 rings (SSSR count). The highest BCUT2D eigenvalue weighted by Crippen LogP contribution is 2.35. The van der Waals surface area contributed by atoms with Crippen LogP contribution in [0.2, 0.25) is 0 Å². The van der Waals surface area contributed by atoms with Crippen molar-refractivity contribution in [2.24, 2.45) is 0 Å². The van der Waals surface area contributed by atoms with Crippen molar-refractivity contribution in [1.82, 2.24) is 5.32 Å². The maximum atomic E-state index is 12.4. The Morgan fingerprint density at radius 3 is 2.29 bits per heavy atom. The van der Waals surface area contributed by atoms with Gasteiger partial charge in [0.05, 0.1) is 13.2 Å². The third-order valence-electron chi connectivity index (χ3n) is 1.64. The molecule has 0 radical (unpaired) electrons. The number of nitrogens with one attached hydrogen (secondary N) is 1. The zero-order valence-electron chi connectivity index (χ0n) is 8.82. The van der Waals surface area contributed by atoms with Gasteiger partial charge in [0, 0.05) is 6.54 Å². The first-order chi connectivity index (χ1) is 7.73. The van der Waals surface area contributed by atoms with Crippen LogP contribution in [0.25, 0.3) is 0 Å². The predicted molar refractivity (Wildman–Crippen MR) is 49.6 cm³/mol. The van der Waals surface area contributed by atoms with Gasteiger partial charge in [0.2, 0.25) is 0 Å². The summed E-state index contributed by atoms with van der Waals surface area (Å²) in [6.07, 6.45) is -3.82. The van der Waals surface area contributed by atoms with E-state index in [9.17, 15) is 26.7 Å². The summed E-state index contributed by atoms with van der Waals surface area (Å²) in [5, 5.41) is 1.45. The van der Waals surface area contributed by atoms with E-state index in [-0.39, 0.29) is 13.2 Å². The zero-order valence-corrected chi connectivity index (χ0v) is 8.82. The lowest BCUT2D eigenvalue weighted by Crippen LogP contribution is -2.51. The summed E-state index contributed by atoms with van der Waals surface area (Å²) in [5.41, 5.74) is 0. The molecule has 1 amide bonds. The minimum Gasteiger partial charge on any atom is -0.379 e. The van der Waals surface area contributed by atoms with E-state index in [0.717, 1.165) is 0 Å². The molecule has 0 saturated heterocycles. The average molecular weight is 261 g/mol. The molecular formula is C9H12F5NO2. The smallest absolute Gasteiger partial charge is 0.379 e. The summed E-state index contributed by atoms with van der Waals surface area (Å²) in [5.74, 6) is -7.76. The number of carbonyl (C=O) groups is 1. The third-order valence-corrected chi connectivity index (χ3v) is 1.64. The van der Waals surface area contributed by atoms with E-state index >= 15 is 0 Å². The van der Waals surface area contributed by atoms with Crippen molar-refractivity contribution >= 4 is 5.91 Å². The van der Waals surface area contributed by atoms with Crippen LogP contribution < -0.4 is 5.32 Å². The van der Waals surface area contributed by atoms with Gasteiger partial charge >= 0.3 is 12.1 Å². The van der Waals surface area contributed by atoms with E-state index in [2.05, 4.69) is 6.58 Å². The van der Waals surface area contributed by atoms with Crippen LogP contribution in [0.1, 0.15) is 6.42 Å². The Morgan fingerprint density at radius 1 is 1.24 bits per heavy atom. The quantitative estimate of drug-likeness (QED) is 0.432. The van der Waals surface area contributed by atoms with Crippen molar-refractivity contribution in [1.29, 1.82) is 0 Å². The topological polar surface area (TPSA) is 38.3 Å². The van der Waals surface area contributed by atoms with Gasteiger partial charge in [-0.05, 0) is 6.42 Å². The molecule has 0 spiro atoms. The Labute approximate surface area is 94.6 Å². The number of ether oxygens (including phenoxy) is 1. The summed E-state index contributed by atoms with van der Waals surface area (Å²) in [4.78, 5) is 10.5. The normalized spacial score (nSPS) is 12.3. The first-order valence-corrected chi connectivity index (χ1v) is 4.65. The molecule has 1 N–H and O–H groups in total. The molecule has 0 saturated carbocycles. The van der Waals surface area contributed by atoms with Gasteiger partial charge in [-0.2, -0.15) is 22.0 Å². The van der Waals surface area contributed by atoms with Crippen molar-refractivity contribution in [3.05, 3.63) is 12.7 Å². The van der Waals surface area contributed by atoms with Crippen LogP contribution in [0.15, 0.2) is 12.7 Å². The molecule has 0 heterocycles. The second kappa shape index (κ2) is 6.53. The van der Waals surface area contributed by atoms with Gasteiger partial charge in [-0.1, -0.05) is 6.08 Å². The van der Waals surface area contributed by atoms with Crippen molar-refractivity contribution in [3.8, 4) is 0 Å². The number of hydrogen-bond donors (Lipinski definition) is 1. The van der Waals surface area contributed by atoms with E-state index in [1.165, 1.54) is 5.32 Å². The first-order valence-electron chi connectivity index (χ1n) is 4.65. The molecule has 100 valence electrons. The Balaban J connectivity index is 3.91. The highest BCUT2D eigenvalue weighted by molar-refractivity contribution is 5.84. The zero-order chi connectivity index (χ0) is 13.5. The SMILES string of the molecule is C=CCCOCCNC(=O)C(F)(F)C(F)(F)F. The number of amides is 1. The molecular weight excluding hydrogens is 249 g/mol. The molecule has 0 aromatic heterocycles. The van der Waals surface area contributed by atoms with Gasteiger partial charge in [0.25, 0.3) is 5.91 Å². The van der Waals surface area contributed by atoms with Crippen molar-refractivity contribution in [2.75, 3.05) is 19.8 Å². The molecule has 0 fully saturated rings. The van der Waals surface area contributed by atoms with E-state index in [4.69, 9.17) is 4.74 Å². The Hall–Kier alpha value is -1.18. The Morgan fingerprint density at radius 2 is 1.82 bits per heavy atom. The second-order valence-corrected chi connectivity index (χ2v) is 3.02.